The first kappa shape index (κ1) is 28.3. The molecule has 0 saturated heterocycles. The Kier molecular flexibility index (Phi) is 13.0. The van der Waals surface area contributed by atoms with Gasteiger partial charge in [0.05, 0.1) is 6.04 Å². The predicted octanol–water partition coefficient (Wildman–Crippen LogP) is -1.48. The smallest absolute Gasteiger partial charge is 0.325 e. The lowest BCUT2D eigenvalue weighted by Crippen LogP contribution is -2.58. The second-order valence-electron chi connectivity index (χ2n) is 7.68. The SMILES string of the molecule is CC(NC(=O)C(NC(=O)C(CCCCN)NC(=O)C(N)CCC(=O)O)C(C)C)C(=O)O. The number of aliphatic carboxylic acids is 2. The molecule has 0 spiro atoms. The Morgan fingerprint density at radius 3 is 1.94 bits per heavy atom. The molecule has 178 valence electrons. The highest BCUT2D eigenvalue weighted by atomic mass is 16.4. The second-order valence-corrected chi connectivity index (χ2v) is 7.68. The number of nitrogens with one attached hydrogen (secondary N) is 3. The number of carboxylic acid groups (broad SMARTS) is 2. The summed E-state index contributed by atoms with van der Waals surface area (Å²) in [6.45, 7) is 5.05. The number of hydrogen-bond donors (Lipinski definition) is 7. The molecule has 12 nitrogen and oxygen atoms in total. The van der Waals surface area contributed by atoms with Crippen molar-refractivity contribution in [2.45, 2.75) is 77.0 Å². The van der Waals surface area contributed by atoms with Gasteiger partial charge in [0.2, 0.25) is 17.7 Å². The molecule has 4 unspecified atom stereocenters. The third-order valence-electron chi connectivity index (χ3n) is 4.56. The second kappa shape index (κ2) is 14.3. The van der Waals surface area contributed by atoms with Crippen LogP contribution in [0.1, 0.15) is 52.9 Å². The summed E-state index contributed by atoms with van der Waals surface area (Å²) < 4.78 is 0. The Balaban J connectivity index is 5.25. The summed E-state index contributed by atoms with van der Waals surface area (Å²) in [4.78, 5) is 59.2. The van der Waals surface area contributed by atoms with Crippen molar-refractivity contribution in [1.29, 1.82) is 0 Å². The van der Waals surface area contributed by atoms with Gasteiger partial charge < -0.3 is 37.6 Å². The van der Waals surface area contributed by atoms with Gasteiger partial charge in [0, 0.05) is 6.42 Å². The highest BCUT2D eigenvalue weighted by Gasteiger charge is 2.30. The molecule has 0 aliphatic carbocycles. The molecule has 0 radical (unpaired) electrons. The quantitative estimate of drug-likeness (QED) is 0.146. The number of carbonyl (C=O) groups is 5. The molecule has 0 heterocycles. The van der Waals surface area contributed by atoms with E-state index in [0.717, 1.165) is 0 Å². The van der Waals surface area contributed by atoms with Crippen LogP contribution in [-0.2, 0) is 24.0 Å². The van der Waals surface area contributed by atoms with Crippen molar-refractivity contribution in [3.8, 4) is 0 Å². The van der Waals surface area contributed by atoms with E-state index in [4.69, 9.17) is 21.7 Å². The normalized spacial score (nSPS) is 14.8. The fourth-order valence-corrected chi connectivity index (χ4v) is 2.60. The minimum atomic E-state index is -1.22. The maximum atomic E-state index is 12.8. The van der Waals surface area contributed by atoms with E-state index in [0.29, 0.717) is 19.4 Å². The first-order chi connectivity index (χ1) is 14.4. The molecule has 0 aliphatic heterocycles. The first-order valence-corrected chi connectivity index (χ1v) is 10.2. The monoisotopic (exact) mass is 445 g/mol. The zero-order valence-corrected chi connectivity index (χ0v) is 18.2. The zero-order valence-electron chi connectivity index (χ0n) is 18.2. The molecule has 3 amide bonds. The highest BCUT2D eigenvalue weighted by Crippen LogP contribution is 2.07. The molecule has 0 bridgehead atoms. The Morgan fingerprint density at radius 1 is 0.839 bits per heavy atom. The summed E-state index contributed by atoms with van der Waals surface area (Å²) in [6, 6.07) is -4.29. The minimum Gasteiger partial charge on any atom is -0.481 e. The van der Waals surface area contributed by atoms with Crippen LogP contribution >= 0.6 is 0 Å². The van der Waals surface area contributed by atoms with Crippen LogP contribution in [0.3, 0.4) is 0 Å². The summed E-state index contributed by atoms with van der Waals surface area (Å²) in [5.41, 5.74) is 11.2. The molecule has 9 N–H and O–H groups in total. The van der Waals surface area contributed by atoms with Crippen molar-refractivity contribution >= 4 is 29.7 Å². The molecule has 0 fully saturated rings. The largest absolute Gasteiger partial charge is 0.481 e. The maximum absolute atomic E-state index is 12.8. The fourth-order valence-electron chi connectivity index (χ4n) is 2.60. The van der Waals surface area contributed by atoms with Crippen molar-refractivity contribution in [1.82, 2.24) is 16.0 Å². The van der Waals surface area contributed by atoms with Gasteiger partial charge in [-0.2, -0.15) is 0 Å². The average Bonchev–Trinajstić information content (AvgIpc) is 2.68. The van der Waals surface area contributed by atoms with E-state index in [9.17, 15) is 24.0 Å². The van der Waals surface area contributed by atoms with Crippen LogP contribution in [0, 0.1) is 5.92 Å². The average molecular weight is 446 g/mol. The number of hydrogen-bond acceptors (Lipinski definition) is 7. The van der Waals surface area contributed by atoms with Crippen LogP contribution in [-0.4, -0.2) is 70.6 Å². The number of carboxylic acids is 2. The number of unbranched alkanes of at least 4 members (excludes halogenated alkanes) is 1. The summed E-state index contributed by atoms with van der Waals surface area (Å²) in [6.07, 6.45) is 0.972. The van der Waals surface area contributed by atoms with Gasteiger partial charge in [0.25, 0.3) is 0 Å². The molecule has 31 heavy (non-hydrogen) atoms. The van der Waals surface area contributed by atoms with E-state index >= 15 is 0 Å². The van der Waals surface area contributed by atoms with Crippen LogP contribution < -0.4 is 27.4 Å². The number of amides is 3. The summed E-state index contributed by atoms with van der Waals surface area (Å²) in [5, 5.41) is 25.1. The van der Waals surface area contributed by atoms with Gasteiger partial charge in [0.1, 0.15) is 18.1 Å². The summed E-state index contributed by atoms with van der Waals surface area (Å²) in [5.74, 6) is -4.65. The van der Waals surface area contributed by atoms with Crippen LogP contribution in [0.4, 0.5) is 0 Å². The lowest BCUT2D eigenvalue weighted by molar-refractivity contribution is -0.142. The minimum absolute atomic E-state index is 0.0948. The van der Waals surface area contributed by atoms with Crippen molar-refractivity contribution in [3.05, 3.63) is 0 Å². The van der Waals surface area contributed by atoms with Gasteiger partial charge in [-0.15, -0.1) is 0 Å². The van der Waals surface area contributed by atoms with Crippen LogP contribution in [0.5, 0.6) is 0 Å². The van der Waals surface area contributed by atoms with Gasteiger partial charge in [-0.1, -0.05) is 13.8 Å². The molecule has 4 atom stereocenters. The van der Waals surface area contributed by atoms with Gasteiger partial charge in [-0.25, -0.2) is 0 Å². The molecule has 0 aromatic rings. The van der Waals surface area contributed by atoms with Crippen molar-refractivity contribution < 1.29 is 34.2 Å². The van der Waals surface area contributed by atoms with Crippen molar-refractivity contribution in [2.24, 2.45) is 17.4 Å². The highest BCUT2D eigenvalue weighted by molar-refractivity contribution is 5.94. The molecule has 0 aromatic heterocycles. The van der Waals surface area contributed by atoms with Gasteiger partial charge in [0.15, 0.2) is 0 Å². The van der Waals surface area contributed by atoms with Crippen LogP contribution in [0.25, 0.3) is 0 Å². The standard InChI is InChI=1S/C19H35N5O7/c1-10(2)15(18(29)22-11(3)19(30)31)24-17(28)13(6-4-5-9-20)23-16(27)12(21)7-8-14(25)26/h10-13,15H,4-9,20-21H2,1-3H3,(H,22,29)(H,23,27)(H,24,28)(H,25,26)(H,30,31). The van der Waals surface area contributed by atoms with Crippen LogP contribution in [0.2, 0.25) is 0 Å². The lowest BCUT2D eigenvalue weighted by Gasteiger charge is -2.26. The van der Waals surface area contributed by atoms with E-state index in [-0.39, 0.29) is 25.2 Å². The number of rotatable bonds is 15. The third kappa shape index (κ3) is 11.3. The first-order valence-electron chi connectivity index (χ1n) is 10.2. The van der Waals surface area contributed by atoms with Gasteiger partial charge in [-0.05, 0) is 45.1 Å². The van der Waals surface area contributed by atoms with Crippen LogP contribution in [0.15, 0.2) is 0 Å². The van der Waals surface area contributed by atoms with E-state index in [1.54, 1.807) is 13.8 Å². The molecule has 0 rings (SSSR count). The summed E-state index contributed by atoms with van der Waals surface area (Å²) >= 11 is 0. The molecule has 0 aliphatic rings. The Labute approximate surface area is 181 Å². The number of carbonyl (C=O) groups excluding carboxylic acids is 3. The summed E-state index contributed by atoms with van der Waals surface area (Å²) in [7, 11) is 0. The van der Waals surface area contributed by atoms with Gasteiger partial charge >= 0.3 is 11.9 Å². The molecular weight excluding hydrogens is 410 g/mol. The van der Waals surface area contributed by atoms with E-state index < -0.39 is 53.8 Å². The van der Waals surface area contributed by atoms with E-state index in [2.05, 4.69) is 16.0 Å². The predicted molar refractivity (Wildman–Crippen MR) is 112 cm³/mol. The zero-order chi connectivity index (χ0) is 24.1. The fraction of sp³-hybridized carbons (Fsp3) is 0.737. The molecule has 0 saturated carbocycles. The maximum Gasteiger partial charge on any atom is 0.325 e. The topological polar surface area (TPSA) is 214 Å². The molecule has 12 heteroatoms. The number of nitrogens with two attached hydrogens (primary N) is 2. The Bertz CT molecular complexity index is 641. The third-order valence-corrected chi connectivity index (χ3v) is 4.56. The van der Waals surface area contributed by atoms with E-state index in [1.165, 1.54) is 6.92 Å². The Morgan fingerprint density at radius 2 is 1.45 bits per heavy atom. The van der Waals surface area contributed by atoms with Crippen molar-refractivity contribution in [2.75, 3.05) is 6.54 Å². The van der Waals surface area contributed by atoms with E-state index in [1.807, 2.05) is 0 Å². The van der Waals surface area contributed by atoms with Crippen molar-refractivity contribution in [3.63, 3.8) is 0 Å². The molecular formula is C19H35N5O7. The Hall–Kier alpha value is -2.73. The molecule has 0 aromatic carbocycles. The van der Waals surface area contributed by atoms with Gasteiger partial charge in [-0.3, -0.25) is 24.0 Å². The lowest BCUT2D eigenvalue weighted by atomic mass is 10.0.